The summed E-state index contributed by atoms with van der Waals surface area (Å²) in [4.78, 5) is 13.2. The first kappa shape index (κ1) is 15.2. The highest BCUT2D eigenvalue weighted by molar-refractivity contribution is 5.98. The molecular formula is C21H26N2O3. The molecule has 4 saturated carbocycles. The van der Waals surface area contributed by atoms with Gasteiger partial charge in [-0.3, -0.25) is 9.80 Å². The van der Waals surface area contributed by atoms with E-state index in [1.807, 2.05) is 26.0 Å². The van der Waals surface area contributed by atoms with E-state index in [9.17, 15) is 4.79 Å². The van der Waals surface area contributed by atoms with Gasteiger partial charge >= 0.3 is 0 Å². The summed E-state index contributed by atoms with van der Waals surface area (Å²) >= 11 is 0. The fraction of sp³-hybridized carbons (Fsp3) is 0.667. The molecule has 2 heterocycles. The van der Waals surface area contributed by atoms with Crippen LogP contribution >= 0.6 is 0 Å². The van der Waals surface area contributed by atoms with Crippen LogP contribution in [0.25, 0.3) is 0 Å². The summed E-state index contributed by atoms with van der Waals surface area (Å²) in [6.45, 7) is 4.35. The lowest BCUT2D eigenvalue weighted by atomic mass is 9.53. The van der Waals surface area contributed by atoms with Gasteiger partial charge in [0, 0.05) is 6.07 Å². The number of hydrogen-bond donors (Lipinski definition) is 0. The van der Waals surface area contributed by atoms with Crippen molar-refractivity contribution in [2.75, 3.05) is 11.8 Å². The fourth-order valence-corrected chi connectivity index (χ4v) is 6.72. The van der Waals surface area contributed by atoms with Gasteiger partial charge in [-0.15, -0.1) is 0 Å². The molecule has 0 atom stereocenters. The molecule has 0 spiro atoms. The van der Waals surface area contributed by atoms with Crippen LogP contribution in [-0.2, 0) is 4.79 Å². The van der Waals surface area contributed by atoms with Crippen molar-refractivity contribution in [2.45, 2.75) is 57.5 Å². The zero-order chi connectivity index (χ0) is 17.6. The van der Waals surface area contributed by atoms with E-state index in [1.165, 1.54) is 32.1 Å². The number of rotatable bonds is 2. The summed E-state index contributed by atoms with van der Waals surface area (Å²) in [6.07, 6.45) is 6.70. The van der Waals surface area contributed by atoms with Crippen LogP contribution < -0.4 is 14.5 Å². The van der Waals surface area contributed by atoms with Gasteiger partial charge in [0.05, 0.1) is 11.7 Å². The molecule has 0 aromatic heterocycles. The minimum atomic E-state index is -0.498. The number of amides is 1. The number of hydrazine groups is 1. The van der Waals surface area contributed by atoms with Gasteiger partial charge in [0.2, 0.25) is 6.79 Å². The van der Waals surface area contributed by atoms with Crippen LogP contribution in [0.2, 0.25) is 0 Å². The van der Waals surface area contributed by atoms with E-state index in [-0.39, 0.29) is 12.7 Å². The molecule has 0 unspecified atom stereocenters. The van der Waals surface area contributed by atoms with Gasteiger partial charge in [0.25, 0.3) is 5.91 Å². The molecule has 5 fully saturated rings. The molecule has 0 radical (unpaired) electrons. The molecule has 4 aliphatic carbocycles. The Labute approximate surface area is 154 Å². The quantitative estimate of drug-likeness (QED) is 0.814. The Morgan fingerprint density at radius 2 is 1.62 bits per heavy atom. The number of carbonyl (C=O) groups excluding carboxylic acids is 1. The molecule has 1 saturated heterocycles. The van der Waals surface area contributed by atoms with Crippen molar-refractivity contribution in [1.29, 1.82) is 0 Å². The predicted octanol–water partition coefficient (Wildman–Crippen LogP) is 3.58. The van der Waals surface area contributed by atoms with Crippen LogP contribution in [0, 0.1) is 23.7 Å². The Hall–Kier alpha value is -1.91. The van der Waals surface area contributed by atoms with Crippen molar-refractivity contribution >= 4 is 11.6 Å². The second kappa shape index (κ2) is 4.87. The van der Waals surface area contributed by atoms with Gasteiger partial charge in [-0.1, -0.05) is 0 Å². The van der Waals surface area contributed by atoms with Crippen LogP contribution in [0.3, 0.4) is 0 Å². The maximum Gasteiger partial charge on any atom is 0.268 e. The lowest BCUT2D eigenvalue weighted by Crippen LogP contribution is -2.80. The van der Waals surface area contributed by atoms with Crippen LogP contribution in [0.4, 0.5) is 5.69 Å². The Balaban J connectivity index is 1.37. The average Bonchev–Trinajstić information content (AvgIpc) is 3.07. The van der Waals surface area contributed by atoms with E-state index in [0.717, 1.165) is 29.0 Å². The summed E-state index contributed by atoms with van der Waals surface area (Å²) in [5, 5.41) is 4.34. The normalized spacial score (nSPS) is 38.7. The first-order chi connectivity index (χ1) is 12.5. The van der Waals surface area contributed by atoms with E-state index in [0.29, 0.717) is 17.9 Å². The average molecular weight is 354 g/mol. The molecule has 4 bridgehead atoms. The number of fused-ring (bicyclic) bond motifs is 1. The molecule has 1 aromatic rings. The molecule has 26 heavy (non-hydrogen) atoms. The van der Waals surface area contributed by atoms with Gasteiger partial charge in [0.15, 0.2) is 11.5 Å². The molecule has 138 valence electrons. The Bertz CT molecular complexity index is 761. The third-order valence-corrected chi connectivity index (χ3v) is 7.54. The maximum absolute atomic E-state index is 13.2. The van der Waals surface area contributed by atoms with E-state index < -0.39 is 5.54 Å². The summed E-state index contributed by atoms with van der Waals surface area (Å²) in [6, 6.07) is 6.43. The molecule has 1 amide bonds. The van der Waals surface area contributed by atoms with Gasteiger partial charge in [-0.2, -0.15) is 0 Å². The molecule has 0 N–H and O–H groups in total. The van der Waals surface area contributed by atoms with Crippen molar-refractivity contribution in [2.24, 2.45) is 23.7 Å². The molecule has 6 aliphatic rings. The second-order valence-corrected chi connectivity index (χ2v) is 9.48. The minimum Gasteiger partial charge on any atom is -0.454 e. The van der Waals surface area contributed by atoms with Gasteiger partial charge in [-0.25, -0.2) is 5.01 Å². The van der Waals surface area contributed by atoms with Crippen molar-refractivity contribution in [3.63, 3.8) is 0 Å². The van der Waals surface area contributed by atoms with E-state index in [2.05, 4.69) is 16.1 Å². The predicted molar refractivity (Wildman–Crippen MR) is 96.8 cm³/mol. The van der Waals surface area contributed by atoms with Crippen molar-refractivity contribution < 1.29 is 14.3 Å². The highest BCUT2D eigenvalue weighted by Gasteiger charge is 2.61. The largest absolute Gasteiger partial charge is 0.454 e. The number of carbonyl (C=O) groups is 1. The highest BCUT2D eigenvalue weighted by Crippen LogP contribution is 2.57. The first-order valence-electron chi connectivity index (χ1n) is 10.1. The molecule has 1 aromatic carbocycles. The van der Waals surface area contributed by atoms with Crippen LogP contribution in [0.5, 0.6) is 11.5 Å². The Kier molecular flexibility index (Phi) is 2.84. The fourth-order valence-electron chi connectivity index (χ4n) is 6.72. The van der Waals surface area contributed by atoms with Crippen LogP contribution in [-0.4, -0.2) is 29.3 Å². The molecular weight excluding hydrogens is 328 g/mol. The lowest BCUT2D eigenvalue weighted by Gasteiger charge is -2.65. The zero-order valence-electron chi connectivity index (χ0n) is 15.5. The zero-order valence-corrected chi connectivity index (χ0v) is 15.5. The lowest BCUT2D eigenvalue weighted by molar-refractivity contribution is -0.170. The Morgan fingerprint density at radius 3 is 2.31 bits per heavy atom. The van der Waals surface area contributed by atoms with Crippen LogP contribution in [0.15, 0.2) is 18.2 Å². The summed E-state index contributed by atoms with van der Waals surface area (Å²) < 4.78 is 11.0. The highest BCUT2D eigenvalue weighted by atomic mass is 16.7. The van der Waals surface area contributed by atoms with Crippen molar-refractivity contribution in [3.8, 4) is 11.5 Å². The van der Waals surface area contributed by atoms with E-state index >= 15 is 0 Å². The number of nitrogens with zero attached hydrogens (tertiary/aromatic N) is 2. The van der Waals surface area contributed by atoms with E-state index in [1.54, 1.807) is 0 Å². The Morgan fingerprint density at radius 1 is 0.962 bits per heavy atom. The maximum atomic E-state index is 13.2. The molecule has 2 aliphatic heterocycles. The topological polar surface area (TPSA) is 42.0 Å². The van der Waals surface area contributed by atoms with Gasteiger partial charge in [0.1, 0.15) is 5.54 Å². The van der Waals surface area contributed by atoms with Crippen molar-refractivity contribution in [3.05, 3.63) is 18.2 Å². The van der Waals surface area contributed by atoms with Crippen LogP contribution in [0.1, 0.15) is 46.0 Å². The summed E-state index contributed by atoms with van der Waals surface area (Å²) in [5.41, 5.74) is 0.537. The molecule has 5 heteroatoms. The van der Waals surface area contributed by atoms with Gasteiger partial charge < -0.3 is 9.47 Å². The third-order valence-electron chi connectivity index (χ3n) is 7.54. The van der Waals surface area contributed by atoms with E-state index in [4.69, 9.17) is 9.47 Å². The first-order valence-corrected chi connectivity index (χ1v) is 10.1. The number of anilines is 1. The second-order valence-electron chi connectivity index (χ2n) is 9.48. The monoisotopic (exact) mass is 354 g/mol. The number of benzene rings is 1. The number of hydrogen-bond acceptors (Lipinski definition) is 4. The minimum absolute atomic E-state index is 0.271. The number of ether oxygens (including phenoxy) is 2. The smallest absolute Gasteiger partial charge is 0.268 e. The molecule has 7 rings (SSSR count). The SMILES string of the molecule is CC1(C)C(=O)N(C2C3CC4CC(C3)CC2C4)N1c1ccc2c(c1)OCO2. The summed E-state index contributed by atoms with van der Waals surface area (Å²) in [5.74, 6) is 5.04. The molecule has 5 nitrogen and oxygen atoms in total. The standard InChI is InChI=1S/C21H26N2O3/c1-21(2)20(24)22(19-14-6-12-5-13(8-14)9-15(19)7-12)23(21)16-3-4-17-18(10-16)26-11-25-17/h3-4,10,12-15,19H,5-9,11H2,1-2H3. The van der Waals surface area contributed by atoms with Crippen molar-refractivity contribution in [1.82, 2.24) is 5.01 Å². The summed E-state index contributed by atoms with van der Waals surface area (Å²) in [7, 11) is 0. The third kappa shape index (κ3) is 1.84. The van der Waals surface area contributed by atoms with Gasteiger partial charge in [-0.05, 0) is 81.8 Å².